The minimum absolute atomic E-state index is 0.509. The highest BCUT2D eigenvalue weighted by Crippen LogP contribution is 2.48. The first-order valence-corrected chi connectivity index (χ1v) is 13.1. The van der Waals surface area contributed by atoms with E-state index in [1.165, 1.54) is 96.3 Å². The predicted molar refractivity (Wildman–Crippen MR) is 126 cm³/mol. The highest BCUT2D eigenvalue weighted by atomic mass is 19.1. The van der Waals surface area contributed by atoms with Crippen LogP contribution in [-0.4, -0.2) is 0 Å². The van der Waals surface area contributed by atoms with Gasteiger partial charge in [0.25, 0.3) is 0 Å². The van der Waals surface area contributed by atoms with Crippen LogP contribution in [0.4, 0.5) is 4.39 Å². The molecule has 166 valence electrons. The Bertz CT molecular complexity index is 690. The van der Waals surface area contributed by atoms with E-state index in [0.717, 1.165) is 30.0 Å². The Kier molecular flexibility index (Phi) is 8.07. The number of allylic oxidation sites excluding steroid dienone is 1. The molecule has 1 heteroatoms. The number of hydrogen-bond donors (Lipinski definition) is 0. The van der Waals surface area contributed by atoms with Gasteiger partial charge in [-0.15, -0.1) is 0 Å². The summed E-state index contributed by atoms with van der Waals surface area (Å²) in [6.45, 7) is 2.29. The summed E-state index contributed by atoms with van der Waals surface area (Å²) in [4.78, 5) is 0. The number of halogens is 1. The molecule has 2 fully saturated rings. The normalized spacial score (nSPS) is 31.5. The first-order valence-electron chi connectivity index (χ1n) is 13.1. The van der Waals surface area contributed by atoms with Crippen molar-refractivity contribution in [3.8, 4) is 0 Å². The molecule has 3 unspecified atom stereocenters. The molecule has 1 aromatic carbocycles. The van der Waals surface area contributed by atoms with Crippen molar-refractivity contribution in [3.63, 3.8) is 0 Å². The molecule has 0 aromatic heterocycles. The van der Waals surface area contributed by atoms with Crippen LogP contribution in [0.5, 0.6) is 0 Å². The van der Waals surface area contributed by atoms with Crippen LogP contribution in [0.3, 0.4) is 0 Å². The molecule has 0 spiro atoms. The summed E-state index contributed by atoms with van der Waals surface area (Å²) in [6, 6.07) is 7.45. The van der Waals surface area contributed by atoms with Gasteiger partial charge in [-0.25, -0.2) is 4.39 Å². The standard InChI is InChI=1S/C29H43F/c1-2-3-4-5-6-7-22-8-10-26-20-28(14-12-24(26)18-22)29-15-13-25-19-23(16-17-30)9-11-27(25)21-29/h8,10,16-18,23,25,27-29H,2-7,9,11-15,19-21H2,1H3/t23-,25?,27+,28?,29?/m0/s1. The van der Waals surface area contributed by atoms with Gasteiger partial charge in [0.05, 0.1) is 6.33 Å². The number of aryl methyl sites for hydroxylation is 2. The van der Waals surface area contributed by atoms with Crippen molar-refractivity contribution in [2.75, 3.05) is 0 Å². The van der Waals surface area contributed by atoms with Gasteiger partial charge in [-0.2, -0.15) is 0 Å². The smallest absolute Gasteiger partial charge is 0.0829 e. The highest BCUT2D eigenvalue weighted by Gasteiger charge is 2.38. The largest absolute Gasteiger partial charge is 0.216 e. The van der Waals surface area contributed by atoms with E-state index in [1.807, 2.05) is 6.08 Å². The van der Waals surface area contributed by atoms with E-state index in [0.29, 0.717) is 5.92 Å². The van der Waals surface area contributed by atoms with Gasteiger partial charge in [-0.3, -0.25) is 0 Å². The lowest BCUT2D eigenvalue weighted by molar-refractivity contribution is 0.0809. The maximum Gasteiger partial charge on any atom is 0.0829 e. The monoisotopic (exact) mass is 410 g/mol. The van der Waals surface area contributed by atoms with Gasteiger partial charge < -0.3 is 0 Å². The molecule has 0 aliphatic heterocycles. The average Bonchev–Trinajstić information content (AvgIpc) is 2.78. The molecular formula is C29H43F. The summed E-state index contributed by atoms with van der Waals surface area (Å²) in [5.41, 5.74) is 4.88. The number of rotatable bonds is 8. The van der Waals surface area contributed by atoms with Gasteiger partial charge in [0.15, 0.2) is 0 Å². The molecule has 0 saturated heterocycles. The van der Waals surface area contributed by atoms with Crippen LogP contribution in [0.2, 0.25) is 0 Å². The van der Waals surface area contributed by atoms with E-state index in [1.54, 1.807) is 16.7 Å². The lowest BCUT2D eigenvalue weighted by Gasteiger charge is -2.44. The van der Waals surface area contributed by atoms with E-state index < -0.39 is 0 Å². The van der Waals surface area contributed by atoms with Gasteiger partial charge >= 0.3 is 0 Å². The second-order valence-corrected chi connectivity index (χ2v) is 10.8. The molecule has 2 saturated carbocycles. The van der Waals surface area contributed by atoms with Crippen molar-refractivity contribution in [1.29, 1.82) is 0 Å². The maximum atomic E-state index is 12.6. The van der Waals surface area contributed by atoms with Gasteiger partial charge in [0, 0.05) is 0 Å². The van der Waals surface area contributed by atoms with Crippen LogP contribution in [0, 0.1) is 29.6 Å². The van der Waals surface area contributed by atoms with E-state index >= 15 is 0 Å². The van der Waals surface area contributed by atoms with Gasteiger partial charge in [-0.1, -0.05) is 56.9 Å². The van der Waals surface area contributed by atoms with Crippen molar-refractivity contribution in [3.05, 3.63) is 47.3 Å². The molecule has 0 nitrogen and oxygen atoms in total. The summed E-state index contributed by atoms with van der Waals surface area (Å²) in [5.74, 6) is 4.14. The molecule has 4 rings (SSSR count). The third kappa shape index (κ3) is 5.57. The van der Waals surface area contributed by atoms with E-state index in [4.69, 9.17) is 0 Å². The Morgan fingerprint density at radius 1 is 0.833 bits per heavy atom. The minimum atomic E-state index is 0.509. The first-order chi connectivity index (χ1) is 14.8. The summed E-state index contributed by atoms with van der Waals surface area (Å²) in [7, 11) is 0. The number of hydrogen-bond acceptors (Lipinski definition) is 0. The predicted octanol–water partition coefficient (Wildman–Crippen LogP) is 8.62. The number of unbranched alkanes of at least 4 members (excludes halogenated alkanes) is 4. The van der Waals surface area contributed by atoms with Crippen molar-refractivity contribution in [2.24, 2.45) is 29.6 Å². The fourth-order valence-electron chi connectivity index (χ4n) is 6.99. The third-order valence-electron chi connectivity index (χ3n) is 8.81. The van der Waals surface area contributed by atoms with Crippen LogP contribution in [0.15, 0.2) is 30.6 Å². The highest BCUT2D eigenvalue weighted by molar-refractivity contribution is 5.34. The zero-order valence-electron chi connectivity index (χ0n) is 19.3. The fraction of sp³-hybridized carbons (Fsp3) is 0.724. The van der Waals surface area contributed by atoms with Crippen LogP contribution < -0.4 is 0 Å². The molecule has 3 aliphatic rings. The van der Waals surface area contributed by atoms with Gasteiger partial charge in [-0.05, 0) is 117 Å². The molecular weight excluding hydrogens is 367 g/mol. The van der Waals surface area contributed by atoms with E-state index in [2.05, 4.69) is 25.1 Å². The summed E-state index contributed by atoms with van der Waals surface area (Å²) < 4.78 is 12.6. The number of fused-ring (bicyclic) bond motifs is 2. The van der Waals surface area contributed by atoms with Crippen molar-refractivity contribution >= 4 is 0 Å². The molecule has 30 heavy (non-hydrogen) atoms. The van der Waals surface area contributed by atoms with Crippen LogP contribution in [0.25, 0.3) is 0 Å². The zero-order chi connectivity index (χ0) is 20.8. The van der Waals surface area contributed by atoms with Crippen molar-refractivity contribution < 1.29 is 4.39 Å². The van der Waals surface area contributed by atoms with Crippen LogP contribution >= 0.6 is 0 Å². The van der Waals surface area contributed by atoms with Crippen LogP contribution in [-0.2, 0) is 19.3 Å². The quantitative estimate of drug-likeness (QED) is 0.376. The Labute approximate surface area is 184 Å². The summed E-state index contributed by atoms with van der Waals surface area (Å²) in [5, 5.41) is 0. The Hall–Kier alpha value is -1.11. The molecule has 0 amide bonds. The van der Waals surface area contributed by atoms with E-state index in [9.17, 15) is 4.39 Å². The molecule has 0 N–H and O–H groups in total. The van der Waals surface area contributed by atoms with Gasteiger partial charge in [0.2, 0.25) is 0 Å². The van der Waals surface area contributed by atoms with Gasteiger partial charge in [0.1, 0.15) is 0 Å². The van der Waals surface area contributed by atoms with Crippen molar-refractivity contribution in [1.82, 2.24) is 0 Å². The first kappa shape index (κ1) is 22.1. The zero-order valence-corrected chi connectivity index (χ0v) is 19.3. The topological polar surface area (TPSA) is 0 Å². The summed E-state index contributed by atoms with van der Waals surface area (Å²) in [6.07, 6.45) is 22.8. The van der Waals surface area contributed by atoms with Crippen LogP contribution in [0.1, 0.15) is 101 Å². The minimum Gasteiger partial charge on any atom is -0.216 e. The van der Waals surface area contributed by atoms with Crippen molar-refractivity contribution in [2.45, 2.75) is 103 Å². The Morgan fingerprint density at radius 2 is 1.60 bits per heavy atom. The third-order valence-corrected chi connectivity index (χ3v) is 8.81. The molecule has 3 aliphatic carbocycles. The Morgan fingerprint density at radius 3 is 2.43 bits per heavy atom. The molecule has 1 aromatic rings. The lowest BCUT2D eigenvalue weighted by atomic mass is 9.61. The lowest BCUT2D eigenvalue weighted by Crippen LogP contribution is -2.34. The second-order valence-electron chi connectivity index (χ2n) is 10.8. The van der Waals surface area contributed by atoms with E-state index in [-0.39, 0.29) is 0 Å². The SMILES string of the molecule is CCCCCCCc1ccc2c(c1)CCC(C1CCC3C[C@H](C=CF)CC[C@@H]3C1)C2. The summed E-state index contributed by atoms with van der Waals surface area (Å²) >= 11 is 0. The fourth-order valence-corrected chi connectivity index (χ4v) is 6.99. The maximum absolute atomic E-state index is 12.6. The average molecular weight is 411 g/mol. The Balaban J connectivity index is 1.27. The molecule has 0 heterocycles. The molecule has 5 atom stereocenters. The number of benzene rings is 1. The molecule has 0 bridgehead atoms. The molecule has 0 radical (unpaired) electrons. The second kappa shape index (κ2) is 11.0.